The van der Waals surface area contributed by atoms with Crippen LogP contribution in [0.5, 0.6) is 0 Å². The molecule has 0 aromatic heterocycles. The zero-order valence-corrected chi connectivity index (χ0v) is 6.52. The van der Waals surface area contributed by atoms with Gasteiger partial charge in [-0.05, 0) is 20.3 Å². The van der Waals surface area contributed by atoms with E-state index in [-0.39, 0.29) is 0 Å². The molecule has 0 saturated carbocycles. The Morgan fingerprint density at radius 2 is 2.30 bits per heavy atom. The molecule has 2 nitrogen and oxygen atoms in total. The van der Waals surface area contributed by atoms with Crippen LogP contribution < -0.4 is 0 Å². The second-order valence-corrected chi connectivity index (χ2v) is 2.43. The number of hydrogen-bond acceptors (Lipinski definition) is 2. The molecular formula is C8H13O2. The third kappa shape index (κ3) is 3.28. The highest BCUT2D eigenvalue weighted by atomic mass is 16.6. The number of carbonyl (C=O) groups is 1. The minimum Gasteiger partial charge on any atom is -0.456 e. The second kappa shape index (κ2) is 3.40. The second-order valence-electron chi connectivity index (χ2n) is 2.43. The lowest BCUT2D eigenvalue weighted by Gasteiger charge is -2.21. The fourth-order valence-corrected chi connectivity index (χ4v) is 0.357. The third-order valence-electron chi connectivity index (χ3n) is 1.26. The van der Waals surface area contributed by atoms with Gasteiger partial charge in [-0.2, -0.15) is 0 Å². The van der Waals surface area contributed by atoms with E-state index in [9.17, 15) is 4.79 Å². The molecule has 0 amide bonds. The van der Waals surface area contributed by atoms with Gasteiger partial charge in [-0.3, -0.25) is 0 Å². The smallest absolute Gasteiger partial charge is 0.330 e. The van der Waals surface area contributed by atoms with Crippen LogP contribution in [-0.2, 0) is 9.53 Å². The van der Waals surface area contributed by atoms with Crippen molar-refractivity contribution in [1.29, 1.82) is 0 Å². The summed E-state index contributed by atoms with van der Waals surface area (Å²) in [5.74, 6) is -0.417. The van der Waals surface area contributed by atoms with Gasteiger partial charge in [0.15, 0.2) is 0 Å². The van der Waals surface area contributed by atoms with Gasteiger partial charge in [0.25, 0.3) is 0 Å². The first-order valence-electron chi connectivity index (χ1n) is 3.22. The van der Waals surface area contributed by atoms with Crippen molar-refractivity contribution < 1.29 is 9.53 Å². The van der Waals surface area contributed by atoms with Crippen molar-refractivity contribution >= 4 is 5.97 Å². The van der Waals surface area contributed by atoms with E-state index in [0.717, 1.165) is 6.08 Å². The maximum atomic E-state index is 10.6. The predicted octanol–water partition coefficient (Wildman–Crippen LogP) is 1.72. The molecule has 0 spiro atoms. The molecule has 0 aromatic rings. The summed E-state index contributed by atoms with van der Waals surface area (Å²) in [7, 11) is 0. The predicted molar refractivity (Wildman–Crippen MR) is 40.3 cm³/mol. The largest absolute Gasteiger partial charge is 0.456 e. The molecule has 2 heteroatoms. The van der Waals surface area contributed by atoms with Crippen molar-refractivity contribution in [3.8, 4) is 0 Å². The molecule has 1 unspecified atom stereocenters. The molecule has 0 saturated heterocycles. The monoisotopic (exact) mass is 141 g/mol. The molecule has 0 heterocycles. The molecule has 1 radical (unpaired) electrons. The Kier molecular flexibility index (Phi) is 3.13. The Bertz CT molecular complexity index is 136. The number of ether oxygens (including phenoxy) is 1. The molecule has 0 aliphatic heterocycles. The van der Waals surface area contributed by atoms with Crippen molar-refractivity contribution in [2.24, 2.45) is 0 Å². The highest BCUT2D eigenvalue weighted by molar-refractivity contribution is 5.81. The van der Waals surface area contributed by atoms with E-state index < -0.39 is 11.6 Å². The molecule has 0 N–H and O–H groups in total. The van der Waals surface area contributed by atoms with E-state index in [1.165, 1.54) is 0 Å². The molecule has 0 bridgehead atoms. The molecule has 57 valence electrons. The Hall–Kier alpha value is -0.790. The van der Waals surface area contributed by atoms with Gasteiger partial charge >= 0.3 is 5.97 Å². The maximum absolute atomic E-state index is 10.6. The fraction of sp³-hybridized carbons (Fsp3) is 0.500. The summed E-state index contributed by atoms with van der Waals surface area (Å²) in [6.07, 6.45) is 1.84. The van der Waals surface area contributed by atoms with Gasteiger partial charge in [0.1, 0.15) is 5.60 Å². The van der Waals surface area contributed by atoms with Crippen molar-refractivity contribution in [2.75, 3.05) is 0 Å². The summed E-state index contributed by atoms with van der Waals surface area (Å²) in [4.78, 5) is 10.6. The highest BCUT2D eigenvalue weighted by Gasteiger charge is 2.18. The lowest BCUT2D eigenvalue weighted by atomic mass is 10.1. The molecular weight excluding hydrogens is 128 g/mol. The van der Waals surface area contributed by atoms with E-state index in [4.69, 9.17) is 4.74 Å². The summed E-state index contributed by atoms with van der Waals surface area (Å²) in [6, 6.07) is 0. The number of hydrogen-bond donors (Lipinski definition) is 0. The average Bonchev–Trinajstić information content (AvgIpc) is 1.87. The fourth-order valence-electron chi connectivity index (χ4n) is 0.357. The molecule has 0 aromatic carbocycles. The Morgan fingerprint density at radius 1 is 1.80 bits per heavy atom. The van der Waals surface area contributed by atoms with Crippen molar-refractivity contribution in [3.05, 3.63) is 19.6 Å². The highest BCUT2D eigenvalue weighted by Crippen LogP contribution is 2.12. The van der Waals surface area contributed by atoms with Crippen LogP contribution in [0, 0.1) is 6.92 Å². The standard InChI is InChI=1S/C8H13O2/c1-5-7(9)10-8(3,4)6-2/h5H,1,3,6H2,2,4H3. The van der Waals surface area contributed by atoms with E-state index in [0.29, 0.717) is 6.42 Å². The van der Waals surface area contributed by atoms with Gasteiger partial charge in [-0.15, -0.1) is 0 Å². The lowest BCUT2D eigenvalue weighted by Crippen LogP contribution is -2.26. The van der Waals surface area contributed by atoms with Gasteiger partial charge in [0.05, 0.1) is 0 Å². The molecule has 0 aliphatic rings. The van der Waals surface area contributed by atoms with Crippen LogP contribution in [0.15, 0.2) is 12.7 Å². The zero-order chi connectivity index (χ0) is 8.20. The minimum absolute atomic E-state index is 0.417. The topological polar surface area (TPSA) is 26.3 Å². The first kappa shape index (κ1) is 9.21. The summed E-state index contributed by atoms with van der Waals surface area (Å²) in [5.41, 5.74) is -0.606. The van der Waals surface area contributed by atoms with Crippen LogP contribution in [0.25, 0.3) is 0 Å². The SMILES string of the molecule is [CH2]C(C)(CC)OC(=O)C=C. The minimum atomic E-state index is -0.606. The van der Waals surface area contributed by atoms with Crippen molar-refractivity contribution in [1.82, 2.24) is 0 Å². The number of esters is 1. The van der Waals surface area contributed by atoms with Crippen LogP contribution in [0.1, 0.15) is 20.3 Å². The quantitative estimate of drug-likeness (QED) is 0.442. The van der Waals surface area contributed by atoms with Crippen molar-refractivity contribution in [3.63, 3.8) is 0 Å². The summed E-state index contributed by atoms with van der Waals surface area (Å²) < 4.78 is 4.87. The van der Waals surface area contributed by atoms with E-state index >= 15 is 0 Å². The number of carbonyl (C=O) groups excluding carboxylic acids is 1. The summed E-state index contributed by atoms with van der Waals surface area (Å²) in [5, 5.41) is 0. The normalized spacial score (nSPS) is 10.7. The van der Waals surface area contributed by atoms with Crippen LogP contribution in [0.2, 0.25) is 0 Å². The van der Waals surface area contributed by atoms with Gasteiger partial charge in [-0.25, -0.2) is 4.79 Å². The lowest BCUT2D eigenvalue weighted by molar-refractivity contribution is -0.147. The van der Waals surface area contributed by atoms with Gasteiger partial charge in [0, 0.05) is 6.08 Å². The Labute approximate surface area is 61.9 Å². The van der Waals surface area contributed by atoms with Crippen LogP contribution in [0.4, 0.5) is 0 Å². The molecule has 0 aliphatic carbocycles. The number of rotatable bonds is 3. The van der Waals surface area contributed by atoms with Crippen LogP contribution in [0.3, 0.4) is 0 Å². The van der Waals surface area contributed by atoms with Gasteiger partial charge < -0.3 is 4.74 Å². The maximum Gasteiger partial charge on any atom is 0.330 e. The molecule has 10 heavy (non-hydrogen) atoms. The van der Waals surface area contributed by atoms with Crippen molar-refractivity contribution in [2.45, 2.75) is 25.9 Å². The van der Waals surface area contributed by atoms with Gasteiger partial charge in [0.2, 0.25) is 0 Å². The van der Waals surface area contributed by atoms with Crippen LogP contribution >= 0.6 is 0 Å². The molecule has 0 fully saturated rings. The van der Waals surface area contributed by atoms with Crippen LogP contribution in [-0.4, -0.2) is 11.6 Å². The summed E-state index contributed by atoms with van der Waals surface area (Å²) in [6.45, 7) is 10.6. The van der Waals surface area contributed by atoms with E-state index in [2.05, 4.69) is 13.5 Å². The molecule has 0 rings (SSSR count). The first-order valence-corrected chi connectivity index (χ1v) is 3.22. The Balaban J connectivity index is 3.87. The van der Waals surface area contributed by atoms with E-state index in [1.807, 2.05) is 6.92 Å². The zero-order valence-electron chi connectivity index (χ0n) is 6.52. The first-order chi connectivity index (χ1) is 4.52. The average molecular weight is 141 g/mol. The van der Waals surface area contributed by atoms with E-state index in [1.54, 1.807) is 6.92 Å². The third-order valence-corrected chi connectivity index (χ3v) is 1.26. The van der Waals surface area contributed by atoms with Gasteiger partial charge in [-0.1, -0.05) is 13.5 Å². The molecule has 1 atom stereocenters. The Morgan fingerprint density at radius 3 is 2.60 bits per heavy atom. The summed E-state index contributed by atoms with van der Waals surface area (Å²) >= 11 is 0.